The summed E-state index contributed by atoms with van der Waals surface area (Å²) in [6.07, 6.45) is 3.22. The first kappa shape index (κ1) is 31.5. The Morgan fingerprint density at radius 2 is 1.26 bits per heavy atom. The highest BCUT2D eigenvalue weighted by Crippen LogP contribution is 2.36. The number of rotatable bonds is 2. The summed E-state index contributed by atoms with van der Waals surface area (Å²) in [5.74, 6) is -0.656. The molecule has 0 spiro atoms. The zero-order chi connectivity index (χ0) is 35.0. The molecule has 10 nitrogen and oxygen atoms in total. The van der Waals surface area contributed by atoms with Crippen LogP contribution in [0.1, 0.15) is 102 Å². The highest BCUT2D eigenvalue weighted by atomic mass is 19.1. The van der Waals surface area contributed by atoms with E-state index in [1.165, 1.54) is 0 Å². The molecule has 1 aromatic carbocycles. The smallest absolute Gasteiger partial charge is 0.252 e. The van der Waals surface area contributed by atoms with Gasteiger partial charge in [0.2, 0.25) is 11.6 Å². The Hall–Kier alpha value is -5.45. The standard InChI is InChI=1S/C21H19N3O2.C14H13N3O2.CH3F/c1-21(2,3)20-23-16-15-14(10-7-11-22-15)18(25)19(26)17(16)24(20)12-13-8-5-4-6-9-13;1-14(2,3)13-16-9-8-7(5-4-6-15-8)11(18)12(19)10(9)17-13;1-2/h4-11H,12H2,1-3H3;4-6H,1-3H3,(H,16,17);1H3/i;;1D. The van der Waals surface area contributed by atoms with Gasteiger partial charge in [0.25, 0.3) is 11.6 Å². The molecule has 47 heavy (non-hydrogen) atoms. The molecule has 4 aromatic heterocycles. The average Bonchev–Trinajstić information content (AvgIpc) is 3.68. The second kappa shape index (κ2) is 12.4. The molecule has 0 aliphatic heterocycles. The number of ketones is 4. The van der Waals surface area contributed by atoms with Crippen LogP contribution in [0.4, 0.5) is 4.39 Å². The van der Waals surface area contributed by atoms with Crippen LogP contribution in [-0.4, -0.2) is 59.8 Å². The molecule has 0 saturated heterocycles. The second-order valence-corrected chi connectivity index (χ2v) is 13.1. The van der Waals surface area contributed by atoms with Crippen LogP contribution in [-0.2, 0) is 17.4 Å². The number of Topliss-reactive ketones (excluding diaryl/α,β-unsaturated/α-hetero) is 4. The minimum Gasteiger partial charge on any atom is -0.338 e. The molecule has 7 rings (SSSR count). The van der Waals surface area contributed by atoms with Crippen LogP contribution in [0.5, 0.6) is 0 Å². The second-order valence-electron chi connectivity index (χ2n) is 13.1. The summed E-state index contributed by atoms with van der Waals surface area (Å²) < 4.78 is 17.4. The van der Waals surface area contributed by atoms with Crippen molar-refractivity contribution in [3.05, 3.63) is 107 Å². The Kier molecular flexibility index (Phi) is 8.31. The third-order valence-corrected chi connectivity index (χ3v) is 7.64. The molecule has 0 fully saturated rings. The Labute approximate surface area is 272 Å². The molecular formula is C36H35FN6O4. The van der Waals surface area contributed by atoms with Gasteiger partial charge in [-0.25, -0.2) is 9.97 Å². The number of hydrogen-bond donors (Lipinski definition) is 1. The van der Waals surface area contributed by atoms with Crippen LogP contribution in [0.3, 0.4) is 0 Å². The highest BCUT2D eigenvalue weighted by Gasteiger charge is 2.39. The molecule has 1 N–H and O–H groups in total. The largest absolute Gasteiger partial charge is 0.338 e. The monoisotopic (exact) mass is 635 g/mol. The maximum absolute atomic E-state index is 12.9. The van der Waals surface area contributed by atoms with Gasteiger partial charge in [-0.1, -0.05) is 71.9 Å². The number of halogens is 1. The van der Waals surface area contributed by atoms with E-state index in [9.17, 15) is 23.6 Å². The van der Waals surface area contributed by atoms with Crippen molar-refractivity contribution in [1.29, 1.82) is 0 Å². The number of aromatic nitrogens is 6. The number of alkyl halides is 1. The van der Waals surface area contributed by atoms with Crippen molar-refractivity contribution in [1.82, 2.24) is 29.5 Å². The van der Waals surface area contributed by atoms with Gasteiger partial charge in [0.05, 0.1) is 19.7 Å². The van der Waals surface area contributed by atoms with E-state index in [1.54, 1.807) is 36.7 Å². The van der Waals surface area contributed by atoms with Crippen molar-refractivity contribution >= 4 is 23.1 Å². The lowest BCUT2D eigenvalue weighted by Crippen LogP contribution is -2.26. The molecule has 0 amide bonds. The highest BCUT2D eigenvalue weighted by molar-refractivity contribution is 6.52. The van der Waals surface area contributed by atoms with Gasteiger partial charge in [-0.15, -0.1) is 0 Å². The van der Waals surface area contributed by atoms with E-state index in [2.05, 4.69) is 19.9 Å². The van der Waals surface area contributed by atoms with Gasteiger partial charge in [0.15, 0.2) is 0 Å². The Morgan fingerprint density at radius 3 is 1.81 bits per heavy atom. The molecule has 0 bridgehead atoms. The van der Waals surface area contributed by atoms with E-state index in [4.69, 9.17) is 6.35 Å². The number of carbonyl (C=O) groups is 4. The fourth-order valence-electron chi connectivity index (χ4n) is 5.42. The number of benzene rings is 1. The summed E-state index contributed by atoms with van der Waals surface area (Å²) in [5.41, 5.74) is 3.73. The molecule has 240 valence electrons. The van der Waals surface area contributed by atoms with Gasteiger partial charge >= 0.3 is 0 Å². The number of nitrogens with one attached hydrogen (secondary N) is 1. The molecule has 0 atom stereocenters. The number of carbonyl (C=O) groups excluding carboxylic acids is 4. The zero-order valence-electron chi connectivity index (χ0n) is 28.0. The van der Waals surface area contributed by atoms with Crippen molar-refractivity contribution < 1.29 is 24.9 Å². The van der Waals surface area contributed by atoms with E-state index >= 15 is 0 Å². The summed E-state index contributed by atoms with van der Waals surface area (Å²) in [5, 5.41) is 0. The maximum Gasteiger partial charge on any atom is 0.252 e. The number of pyridine rings is 2. The van der Waals surface area contributed by atoms with Crippen LogP contribution in [0.25, 0.3) is 22.8 Å². The quantitative estimate of drug-likeness (QED) is 0.220. The van der Waals surface area contributed by atoms with Crippen molar-refractivity contribution in [2.45, 2.75) is 58.9 Å². The first-order chi connectivity index (χ1) is 22.7. The van der Waals surface area contributed by atoms with E-state index in [-0.39, 0.29) is 16.5 Å². The van der Waals surface area contributed by atoms with Gasteiger partial charge in [0, 0.05) is 29.8 Å². The molecule has 11 heteroatoms. The molecule has 0 radical (unpaired) electrons. The average molecular weight is 636 g/mol. The molecule has 5 aromatic rings. The van der Waals surface area contributed by atoms with Crippen LogP contribution < -0.4 is 0 Å². The molecule has 2 aliphatic carbocycles. The van der Waals surface area contributed by atoms with Crippen LogP contribution in [0.15, 0.2) is 67.0 Å². The van der Waals surface area contributed by atoms with Crippen LogP contribution >= 0.6 is 0 Å². The fraction of sp³-hybridized carbons (Fsp3) is 0.278. The van der Waals surface area contributed by atoms with Crippen LogP contribution in [0.2, 0.25) is 0 Å². The molecule has 0 saturated carbocycles. The van der Waals surface area contributed by atoms with E-state index in [1.807, 2.05) is 76.4 Å². The maximum atomic E-state index is 12.9. The molecule has 4 heterocycles. The predicted molar refractivity (Wildman–Crippen MR) is 175 cm³/mol. The van der Waals surface area contributed by atoms with Gasteiger partial charge in [-0.3, -0.25) is 33.5 Å². The Bertz CT molecular complexity index is 2050. The van der Waals surface area contributed by atoms with E-state index in [0.29, 0.717) is 52.0 Å². The number of nitrogens with zero attached hydrogens (tertiary/aromatic N) is 5. The minimum absolute atomic E-state index is 0.227. The number of hydrogen-bond acceptors (Lipinski definition) is 8. The molecular weight excluding hydrogens is 599 g/mol. The number of H-pyrrole nitrogens is 1. The van der Waals surface area contributed by atoms with Crippen molar-refractivity contribution in [2.24, 2.45) is 0 Å². The third-order valence-electron chi connectivity index (χ3n) is 7.64. The lowest BCUT2D eigenvalue weighted by molar-refractivity contribution is 0.0809. The van der Waals surface area contributed by atoms with E-state index < -0.39 is 30.3 Å². The topological polar surface area (TPSA) is 141 Å². The van der Waals surface area contributed by atoms with Crippen molar-refractivity contribution in [3.63, 3.8) is 0 Å². The fourth-order valence-corrected chi connectivity index (χ4v) is 5.42. The molecule has 2 aliphatic rings. The minimum atomic E-state index is -1.00. The van der Waals surface area contributed by atoms with Crippen LogP contribution in [0, 0.1) is 0 Å². The Morgan fingerprint density at radius 1 is 0.702 bits per heavy atom. The molecule has 0 unspecified atom stereocenters. The van der Waals surface area contributed by atoms with E-state index in [0.717, 1.165) is 11.4 Å². The Balaban J connectivity index is 0.000000181. The van der Waals surface area contributed by atoms with Crippen molar-refractivity contribution in [2.75, 3.05) is 7.15 Å². The normalized spacial score (nSPS) is 13.6. The SMILES string of the molecule is CC(C)(C)c1nc2c([nH]1)C(=O)C(=O)c1cccnc1-2.CC(C)(C)c1nc2c(n1Cc1ccccc1)C(=O)C(=O)c1cccnc1-2.[2H]CF. The van der Waals surface area contributed by atoms with Gasteiger partial charge < -0.3 is 9.55 Å². The summed E-state index contributed by atoms with van der Waals surface area (Å²) in [7, 11) is -1.00. The lowest BCUT2D eigenvalue weighted by atomic mass is 9.94. The van der Waals surface area contributed by atoms with Gasteiger partial charge in [-0.05, 0) is 29.8 Å². The first-order valence-electron chi connectivity index (χ1n) is 15.6. The summed E-state index contributed by atoms with van der Waals surface area (Å²) in [6.45, 7) is 12.6. The third kappa shape index (κ3) is 5.96. The lowest BCUT2D eigenvalue weighted by Gasteiger charge is -2.21. The zero-order valence-corrected chi connectivity index (χ0v) is 27.0. The van der Waals surface area contributed by atoms with Crippen molar-refractivity contribution in [3.8, 4) is 22.8 Å². The number of aromatic amines is 1. The first-order valence-corrected chi connectivity index (χ1v) is 14.9. The summed E-state index contributed by atoms with van der Waals surface area (Å²) in [6, 6.07) is 16.4. The number of fused-ring (bicyclic) bond motifs is 6. The predicted octanol–water partition coefficient (Wildman–Crippen LogP) is 6.40. The summed E-state index contributed by atoms with van der Waals surface area (Å²) in [4.78, 5) is 70.3. The summed E-state index contributed by atoms with van der Waals surface area (Å²) >= 11 is 0. The number of imidazole rings is 2. The van der Waals surface area contributed by atoms with Gasteiger partial charge in [-0.2, -0.15) is 0 Å². The van der Waals surface area contributed by atoms with Gasteiger partial charge in [0.1, 0.15) is 45.8 Å².